The molecule has 0 aliphatic heterocycles. The second-order valence-electron chi connectivity index (χ2n) is 3.91. The number of rotatable bonds is 6. The normalized spacial score (nSPS) is 10.2. The number of halogens is 1. The highest BCUT2D eigenvalue weighted by Gasteiger charge is 2.03. The predicted molar refractivity (Wildman–Crippen MR) is 72.9 cm³/mol. The molecular formula is C14H14FNO2S. The van der Waals surface area contributed by atoms with Gasteiger partial charge in [0.05, 0.1) is 13.0 Å². The Bertz CT molecular complexity index is 511. The van der Waals surface area contributed by atoms with E-state index in [9.17, 15) is 9.18 Å². The summed E-state index contributed by atoms with van der Waals surface area (Å²) in [5.41, 5.74) is 0. The number of thiophene rings is 1. The van der Waals surface area contributed by atoms with E-state index in [-0.39, 0.29) is 11.7 Å². The molecule has 1 aromatic heterocycles. The standard InChI is InChI=1S/C14H14FNO2S/c15-11-3-5-12(6-4-11)18-8-7-16-14(17)10-13-2-1-9-19-13/h1-6,9H,7-8,10H2,(H,16,17). The summed E-state index contributed by atoms with van der Waals surface area (Å²) < 4.78 is 18.0. The van der Waals surface area contributed by atoms with Gasteiger partial charge in [0.15, 0.2) is 0 Å². The molecule has 0 unspecified atom stereocenters. The lowest BCUT2D eigenvalue weighted by Crippen LogP contribution is -2.29. The zero-order valence-corrected chi connectivity index (χ0v) is 11.1. The predicted octanol–water partition coefficient (Wildman–Crippen LogP) is 2.62. The van der Waals surface area contributed by atoms with Crippen LogP contribution >= 0.6 is 11.3 Å². The Kier molecular flexibility index (Phi) is 4.92. The van der Waals surface area contributed by atoms with Crippen LogP contribution in [0.2, 0.25) is 0 Å². The van der Waals surface area contributed by atoms with Crippen LogP contribution in [0, 0.1) is 5.82 Å². The highest BCUT2D eigenvalue weighted by molar-refractivity contribution is 7.10. The maximum atomic E-state index is 12.6. The van der Waals surface area contributed by atoms with Crippen molar-refractivity contribution in [2.45, 2.75) is 6.42 Å². The van der Waals surface area contributed by atoms with Gasteiger partial charge in [0, 0.05) is 4.88 Å². The van der Waals surface area contributed by atoms with Crippen molar-refractivity contribution in [1.82, 2.24) is 5.32 Å². The number of amides is 1. The topological polar surface area (TPSA) is 38.3 Å². The van der Waals surface area contributed by atoms with E-state index in [0.29, 0.717) is 25.3 Å². The van der Waals surface area contributed by atoms with Gasteiger partial charge in [-0.05, 0) is 35.7 Å². The van der Waals surface area contributed by atoms with Gasteiger partial charge in [-0.3, -0.25) is 4.79 Å². The van der Waals surface area contributed by atoms with Crippen molar-refractivity contribution in [3.05, 3.63) is 52.5 Å². The van der Waals surface area contributed by atoms with Gasteiger partial charge in [-0.25, -0.2) is 4.39 Å². The smallest absolute Gasteiger partial charge is 0.225 e. The van der Waals surface area contributed by atoms with Gasteiger partial charge in [0.2, 0.25) is 5.91 Å². The van der Waals surface area contributed by atoms with E-state index in [1.54, 1.807) is 23.5 Å². The molecule has 0 fully saturated rings. The molecule has 0 spiro atoms. The van der Waals surface area contributed by atoms with E-state index < -0.39 is 0 Å². The van der Waals surface area contributed by atoms with Crippen LogP contribution < -0.4 is 10.1 Å². The summed E-state index contributed by atoms with van der Waals surface area (Å²) in [5, 5.41) is 4.72. The number of hydrogen-bond donors (Lipinski definition) is 1. The zero-order chi connectivity index (χ0) is 13.5. The number of hydrogen-bond acceptors (Lipinski definition) is 3. The average Bonchev–Trinajstić information content (AvgIpc) is 2.89. The SMILES string of the molecule is O=C(Cc1cccs1)NCCOc1ccc(F)cc1. The molecule has 1 N–H and O–H groups in total. The summed E-state index contributed by atoms with van der Waals surface area (Å²) in [4.78, 5) is 12.6. The maximum absolute atomic E-state index is 12.6. The Labute approximate surface area is 115 Å². The van der Waals surface area contributed by atoms with Crippen molar-refractivity contribution < 1.29 is 13.9 Å². The van der Waals surface area contributed by atoms with Gasteiger partial charge in [0.1, 0.15) is 18.2 Å². The quantitative estimate of drug-likeness (QED) is 0.826. The highest BCUT2D eigenvalue weighted by atomic mass is 32.1. The van der Waals surface area contributed by atoms with E-state index >= 15 is 0 Å². The first-order valence-electron chi connectivity index (χ1n) is 5.91. The van der Waals surface area contributed by atoms with Crippen LogP contribution in [-0.4, -0.2) is 19.1 Å². The third-order valence-corrected chi connectivity index (χ3v) is 3.30. The van der Waals surface area contributed by atoms with Crippen LogP contribution in [0.25, 0.3) is 0 Å². The summed E-state index contributed by atoms with van der Waals surface area (Å²) in [5.74, 6) is 0.274. The van der Waals surface area contributed by atoms with Gasteiger partial charge >= 0.3 is 0 Å². The summed E-state index contributed by atoms with van der Waals surface area (Å²) in [7, 11) is 0. The molecule has 100 valence electrons. The van der Waals surface area contributed by atoms with Crippen LogP contribution in [-0.2, 0) is 11.2 Å². The van der Waals surface area contributed by atoms with E-state index in [0.717, 1.165) is 4.88 Å². The molecule has 0 aliphatic carbocycles. The van der Waals surface area contributed by atoms with Crippen molar-refractivity contribution in [3.63, 3.8) is 0 Å². The fraction of sp³-hybridized carbons (Fsp3) is 0.214. The number of ether oxygens (including phenoxy) is 1. The molecule has 0 saturated heterocycles. The zero-order valence-electron chi connectivity index (χ0n) is 10.3. The number of benzene rings is 1. The van der Waals surface area contributed by atoms with Crippen LogP contribution in [0.15, 0.2) is 41.8 Å². The molecule has 0 bridgehead atoms. The molecule has 1 heterocycles. The van der Waals surface area contributed by atoms with E-state index in [1.165, 1.54) is 12.1 Å². The minimum Gasteiger partial charge on any atom is -0.492 e. The maximum Gasteiger partial charge on any atom is 0.225 e. The highest BCUT2D eigenvalue weighted by Crippen LogP contribution is 2.10. The second-order valence-corrected chi connectivity index (χ2v) is 4.94. The van der Waals surface area contributed by atoms with Crippen LogP contribution in [0.4, 0.5) is 4.39 Å². The first kappa shape index (κ1) is 13.5. The molecule has 0 aliphatic rings. The van der Waals surface area contributed by atoms with Crippen LogP contribution in [0.5, 0.6) is 5.75 Å². The molecule has 3 nitrogen and oxygen atoms in total. The van der Waals surface area contributed by atoms with Gasteiger partial charge < -0.3 is 10.1 Å². The Balaban J connectivity index is 1.64. The van der Waals surface area contributed by atoms with E-state index in [4.69, 9.17) is 4.74 Å². The minimum atomic E-state index is -0.295. The molecule has 0 atom stereocenters. The fourth-order valence-electron chi connectivity index (χ4n) is 1.52. The molecular weight excluding hydrogens is 265 g/mol. The Morgan fingerprint density at radius 2 is 2.05 bits per heavy atom. The van der Waals surface area contributed by atoms with Gasteiger partial charge in [-0.2, -0.15) is 0 Å². The van der Waals surface area contributed by atoms with Gasteiger partial charge in [-0.15, -0.1) is 11.3 Å². The Morgan fingerprint density at radius 3 is 2.74 bits per heavy atom. The molecule has 2 rings (SSSR count). The fourth-order valence-corrected chi connectivity index (χ4v) is 2.23. The molecule has 5 heteroatoms. The lowest BCUT2D eigenvalue weighted by Gasteiger charge is -2.07. The van der Waals surface area contributed by atoms with Gasteiger partial charge in [-0.1, -0.05) is 6.07 Å². The van der Waals surface area contributed by atoms with Crippen molar-refractivity contribution in [2.75, 3.05) is 13.2 Å². The Morgan fingerprint density at radius 1 is 1.26 bits per heavy atom. The lowest BCUT2D eigenvalue weighted by molar-refractivity contribution is -0.120. The summed E-state index contributed by atoms with van der Waals surface area (Å²) >= 11 is 1.56. The summed E-state index contributed by atoms with van der Waals surface area (Å²) in [6.45, 7) is 0.795. The first-order valence-corrected chi connectivity index (χ1v) is 6.79. The number of carbonyl (C=O) groups is 1. The minimum absolute atomic E-state index is 0.0230. The van der Waals surface area contributed by atoms with Crippen LogP contribution in [0.1, 0.15) is 4.88 Å². The second kappa shape index (κ2) is 6.89. The lowest BCUT2D eigenvalue weighted by atomic mass is 10.3. The average molecular weight is 279 g/mol. The third-order valence-electron chi connectivity index (χ3n) is 2.42. The Hall–Kier alpha value is -1.88. The summed E-state index contributed by atoms with van der Waals surface area (Å²) in [6, 6.07) is 9.64. The van der Waals surface area contributed by atoms with Gasteiger partial charge in [0.25, 0.3) is 0 Å². The molecule has 1 aromatic carbocycles. The molecule has 2 aromatic rings. The number of nitrogens with one attached hydrogen (secondary N) is 1. The van der Waals surface area contributed by atoms with E-state index in [2.05, 4.69) is 5.32 Å². The van der Waals surface area contributed by atoms with E-state index in [1.807, 2.05) is 17.5 Å². The van der Waals surface area contributed by atoms with Crippen molar-refractivity contribution in [2.24, 2.45) is 0 Å². The molecule has 19 heavy (non-hydrogen) atoms. The molecule has 0 radical (unpaired) electrons. The van der Waals surface area contributed by atoms with Crippen LogP contribution in [0.3, 0.4) is 0 Å². The summed E-state index contributed by atoms with van der Waals surface area (Å²) in [6.07, 6.45) is 0.397. The van der Waals surface area contributed by atoms with Crippen molar-refractivity contribution in [1.29, 1.82) is 0 Å². The number of carbonyl (C=O) groups excluding carboxylic acids is 1. The monoisotopic (exact) mass is 279 g/mol. The third kappa shape index (κ3) is 4.71. The largest absolute Gasteiger partial charge is 0.492 e. The van der Waals surface area contributed by atoms with Crippen molar-refractivity contribution >= 4 is 17.2 Å². The molecule has 1 amide bonds. The first-order chi connectivity index (χ1) is 9.24. The molecule has 0 saturated carbocycles. The van der Waals surface area contributed by atoms with Crippen molar-refractivity contribution in [3.8, 4) is 5.75 Å².